The first kappa shape index (κ1) is 10.0. The molecule has 1 heterocycles. The van der Waals surface area contributed by atoms with Gasteiger partial charge in [-0.05, 0) is 36.6 Å². The van der Waals surface area contributed by atoms with Crippen molar-refractivity contribution in [2.45, 2.75) is 25.4 Å². The quantitative estimate of drug-likeness (QED) is 0.815. The summed E-state index contributed by atoms with van der Waals surface area (Å²) in [5.74, 6) is 0.871. The maximum atomic E-state index is 8.90. The van der Waals surface area contributed by atoms with Crippen molar-refractivity contribution in [3.05, 3.63) is 23.1 Å². The zero-order valence-corrected chi connectivity index (χ0v) is 8.70. The Morgan fingerprint density at radius 2 is 2.29 bits per heavy atom. The van der Waals surface area contributed by atoms with Gasteiger partial charge in [0.05, 0.1) is 13.2 Å². The molecule has 78 valence electrons. The van der Waals surface area contributed by atoms with Gasteiger partial charge < -0.3 is 9.52 Å². The molecule has 1 aliphatic carbocycles. The summed E-state index contributed by atoms with van der Waals surface area (Å²) in [5, 5.41) is 9.33. The van der Waals surface area contributed by atoms with Crippen LogP contribution in [-0.2, 0) is 6.54 Å². The van der Waals surface area contributed by atoms with Gasteiger partial charge in [0.25, 0.3) is 0 Å². The number of hydrogen-bond acceptors (Lipinski definition) is 3. The number of nitrogens with zero attached hydrogens (tertiary/aromatic N) is 1. The molecule has 0 bridgehead atoms. The van der Waals surface area contributed by atoms with Gasteiger partial charge in [0.15, 0.2) is 5.22 Å². The highest BCUT2D eigenvalue weighted by atomic mass is 35.5. The maximum absolute atomic E-state index is 8.90. The smallest absolute Gasteiger partial charge is 0.193 e. The largest absolute Gasteiger partial charge is 0.448 e. The number of aliphatic hydroxyl groups excluding tert-OH is 1. The van der Waals surface area contributed by atoms with Gasteiger partial charge in [0.2, 0.25) is 0 Å². The first-order valence-electron chi connectivity index (χ1n) is 4.88. The van der Waals surface area contributed by atoms with Crippen LogP contribution in [-0.4, -0.2) is 29.2 Å². The van der Waals surface area contributed by atoms with Gasteiger partial charge in [-0.2, -0.15) is 0 Å². The van der Waals surface area contributed by atoms with Crippen LogP contribution >= 0.6 is 11.6 Å². The van der Waals surface area contributed by atoms with E-state index in [-0.39, 0.29) is 6.61 Å². The Morgan fingerprint density at radius 1 is 1.50 bits per heavy atom. The molecule has 0 atom stereocenters. The van der Waals surface area contributed by atoms with E-state index in [0.29, 0.717) is 17.8 Å². The van der Waals surface area contributed by atoms with Crippen molar-refractivity contribution >= 4 is 11.6 Å². The van der Waals surface area contributed by atoms with Gasteiger partial charge in [0.1, 0.15) is 5.76 Å². The van der Waals surface area contributed by atoms with E-state index in [9.17, 15) is 0 Å². The zero-order chi connectivity index (χ0) is 9.97. The van der Waals surface area contributed by atoms with E-state index < -0.39 is 0 Å². The van der Waals surface area contributed by atoms with Crippen LogP contribution in [0.25, 0.3) is 0 Å². The second-order valence-electron chi connectivity index (χ2n) is 3.63. The molecule has 1 saturated carbocycles. The molecule has 0 aromatic carbocycles. The van der Waals surface area contributed by atoms with Crippen molar-refractivity contribution < 1.29 is 9.52 Å². The lowest BCUT2D eigenvalue weighted by Gasteiger charge is -2.18. The molecule has 0 aliphatic heterocycles. The number of hydrogen-bond donors (Lipinski definition) is 1. The molecule has 1 N–H and O–H groups in total. The highest BCUT2D eigenvalue weighted by Gasteiger charge is 2.28. The Labute approximate surface area is 88.3 Å². The molecule has 14 heavy (non-hydrogen) atoms. The van der Waals surface area contributed by atoms with Crippen molar-refractivity contribution in [2.75, 3.05) is 13.2 Å². The predicted octanol–water partition coefficient (Wildman–Crippen LogP) is 1.89. The first-order valence-corrected chi connectivity index (χ1v) is 5.26. The van der Waals surface area contributed by atoms with Gasteiger partial charge in [-0.1, -0.05) is 0 Å². The summed E-state index contributed by atoms with van der Waals surface area (Å²) in [6.45, 7) is 1.66. The van der Waals surface area contributed by atoms with Crippen LogP contribution in [0.4, 0.5) is 0 Å². The van der Waals surface area contributed by atoms with Crippen LogP contribution in [0.2, 0.25) is 5.22 Å². The SMILES string of the molecule is OCCN(Cc1ccc(Cl)o1)C1CC1. The van der Waals surface area contributed by atoms with E-state index >= 15 is 0 Å². The van der Waals surface area contributed by atoms with Crippen molar-refractivity contribution in [3.8, 4) is 0 Å². The Bertz CT molecular complexity index is 296. The molecule has 0 saturated heterocycles. The molecule has 3 nitrogen and oxygen atoms in total. The van der Waals surface area contributed by atoms with Gasteiger partial charge in [0, 0.05) is 12.6 Å². The summed E-state index contributed by atoms with van der Waals surface area (Å²) >= 11 is 5.68. The Kier molecular flexibility index (Phi) is 3.11. The van der Waals surface area contributed by atoms with Crippen LogP contribution < -0.4 is 0 Å². The summed E-state index contributed by atoms with van der Waals surface area (Å²) < 4.78 is 5.28. The van der Waals surface area contributed by atoms with Gasteiger partial charge in [-0.3, -0.25) is 4.90 Å². The lowest BCUT2D eigenvalue weighted by molar-refractivity contribution is 0.174. The van der Waals surface area contributed by atoms with E-state index in [1.54, 1.807) is 6.07 Å². The molecule has 0 amide bonds. The van der Waals surface area contributed by atoms with Crippen LogP contribution in [0.1, 0.15) is 18.6 Å². The number of rotatable bonds is 5. The minimum atomic E-state index is 0.199. The molecule has 1 aliphatic rings. The van der Waals surface area contributed by atoms with Gasteiger partial charge >= 0.3 is 0 Å². The molecule has 0 unspecified atom stereocenters. The van der Waals surface area contributed by atoms with Gasteiger partial charge in [-0.25, -0.2) is 0 Å². The van der Waals surface area contributed by atoms with Gasteiger partial charge in [-0.15, -0.1) is 0 Å². The van der Waals surface area contributed by atoms with Crippen molar-refractivity contribution in [1.29, 1.82) is 0 Å². The van der Waals surface area contributed by atoms with Crippen LogP contribution in [0.5, 0.6) is 0 Å². The second kappa shape index (κ2) is 4.34. The highest BCUT2D eigenvalue weighted by molar-refractivity contribution is 6.28. The third kappa shape index (κ3) is 2.50. The lowest BCUT2D eigenvalue weighted by Crippen LogP contribution is -2.28. The number of halogens is 1. The van der Waals surface area contributed by atoms with Crippen LogP contribution in [0.15, 0.2) is 16.5 Å². The molecule has 1 aromatic heterocycles. The summed E-state index contributed by atoms with van der Waals surface area (Å²) in [7, 11) is 0. The van der Waals surface area contributed by atoms with E-state index in [2.05, 4.69) is 4.90 Å². The fourth-order valence-electron chi connectivity index (χ4n) is 1.60. The summed E-state index contributed by atoms with van der Waals surface area (Å²) in [6, 6.07) is 4.27. The first-order chi connectivity index (χ1) is 6.79. The highest BCUT2D eigenvalue weighted by Crippen LogP contribution is 2.28. The zero-order valence-electron chi connectivity index (χ0n) is 7.95. The third-order valence-electron chi connectivity index (χ3n) is 2.44. The predicted molar refractivity (Wildman–Crippen MR) is 54.2 cm³/mol. The molecule has 0 spiro atoms. The molecule has 0 radical (unpaired) electrons. The fraction of sp³-hybridized carbons (Fsp3) is 0.600. The molecule has 4 heteroatoms. The minimum absolute atomic E-state index is 0.199. The van der Waals surface area contributed by atoms with E-state index in [4.69, 9.17) is 21.1 Å². The number of aliphatic hydroxyl groups is 1. The Morgan fingerprint density at radius 3 is 2.79 bits per heavy atom. The summed E-state index contributed by atoms with van der Waals surface area (Å²) in [5.41, 5.74) is 0. The van der Waals surface area contributed by atoms with Crippen LogP contribution in [0.3, 0.4) is 0 Å². The molecule has 2 rings (SSSR count). The topological polar surface area (TPSA) is 36.6 Å². The molecule has 1 aromatic rings. The summed E-state index contributed by atoms with van der Waals surface area (Å²) in [4.78, 5) is 2.23. The maximum Gasteiger partial charge on any atom is 0.193 e. The molecular weight excluding hydrogens is 202 g/mol. The molecular formula is C10H14ClNO2. The van der Waals surface area contributed by atoms with Crippen molar-refractivity contribution in [1.82, 2.24) is 4.90 Å². The Balaban J connectivity index is 1.92. The normalized spacial score (nSPS) is 16.5. The van der Waals surface area contributed by atoms with Crippen molar-refractivity contribution in [2.24, 2.45) is 0 Å². The monoisotopic (exact) mass is 215 g/mol. The minimum Gasteiger partial charge on any atom is -0.448 e. The second-order valence-corrected chi connectivity index (χ2v) is 4.00. The van der Waals surface area contributed by atoms with E-state index in [1.165, 1.54) is 12.8 Å². The van der Waals surface area contributed by atoms with Crippen molar-refractivity contribution in [3.63, 3.8) is 0 Å². The van der Waals surface area contributed by atoms with E-state index in [1.807, 2.05) is 6.07 Å². The average molecular weight is 216 g/mol. The summed E-state index contributed by atoms with van der Waals surface area (Å²) in [6.07, 6.45) is 2.46. The Hall–Kier alpha value is -0.510. The molecule has 1 fully saturated rings. The van der Waals surface area contributed by atoms with Crippen LogP contribution in [0, 0.1) is 0 Å². The number of furan rings is 1. The lowest BCUT2D eigenvalue weighted by atomic mass is 10.4. The third-order valence-corrected chi connectivity index (χ3v) is 2.64. The standard InChI is InChI=1S/C10H14ClNO2/c11-10-4-3-9(14-10)7-12(5-6-13)8-1-2-8/h3-4,8,13H,1-2,5-7H2. The van der Waals surface area contributed by atoms with E-state index in [0.717, 1.165) is 12.3 Å². The average Bonchev–Trinajstić information content (AvgIpc) is 2.91. The fourth-order valence-corrected chi connectivity index (χ4v) is 1.76.